The highest BCUT2D eigenvalue weighted by Crippen LogP contribution is 2.35. The van der Waals surface area contributed by atoms with E-state index in [-0.39, 0.29) is 0 Å². The Kier molecular flexibility index (Phi) is 4.00. The molecule has 2 N–H and O–H groups in total. The monoisotopic (exact) mass is 332 g/mol. The molecular formula is C16H13ClN2O2S. The van der Waals surface area contributed by atoms with Crippen LogP contribution in [-0.2, 0) is 6.42 Å². The van der Waals surface area contributed by atoms with Crippen LogP contribution in [0.5, 0.6) is 11.5 Å². The minimum Gasteiger partial charge on any atom is -0.455 e. The Labute approximate surface area is 136 Å². The van der Waals surface area contributed by atoms with Crippen LogP contribution in [0.25, 0.3) is 10.1 Å². The average Bonchev–Trinajstić information content (AvgIpc) is 2.94. The Bertz CT molecular complexity index is 860. The molecule has 0 aliphatic heterocycles. The topological polar surface area (TPSA) is 65.2 Å². The van der Waals surface area contributed by atoms with Gasteiger partial charge in [0.1, 0.15) is 5.75 Å². The number of carbonyl (C=O) groups is 1. The maximum Gasteiger partial charge on any atom is 0.258 e. The lowest BCUT2D eigenvalue weighted by molar-refractivity contribution is 0.100. The van der Waals surface area contributed by atoms with E-state index in [2.05, 4.69) is 4.98 Å². The number of rotatable bonds is 4. The molecule has 4 nitrogen and oxygen atoms in total. The van der Waals surface area contributed by atoms with Gasteiger partial charge in [-0.25, -0.2) is 0 Å². The lowest BCUT2D eigenvalue weighted by Crippen LogP contribution is -2.08. The Morgan fingerprint density at radius 1 is 1.36 bits per heavy atom. The fourth-order valence-electron chi connectivity index (χ4n) is 2.15. The van der Waals surface area contributed by atoms with Crippen LogP contribution in [0.2, 0.25) is 5.02 Å². The zero-order chi connectivity index (χ0) is 15.7. The van der Waals surface area contributed by atoms with Crippen LogP contribution in [0, 0.1) is 0 Å². The first-order valence-corrected chi connectivity index (χ1v) is 7.91. The number of hydrogen-bond donors (Lipinski definition) is 1. The number of fused-ring (bicyclic) bond motifs is 1. The molecule has 3 rings (SSSR count). The fourth-order valence-corrected chi connectivity index (χ4v) is 3.30. The summed E-state index contributed by atoms with van der Waals surface area (Å²) in [5.41, 5.74) is 6.35. The van der Waals surface area contributed by atoms with Gasteiger partial charge in [-0.1, -0.05) is 18.5 Å². The summed E-state index contributed by atoms with van der Waals surface area (Å²) >= 11 is 7.42. The van der Waals surface area contributed by atoms with Crippen LogP contribution >= 0.6 is 22.9 Å². The van der Waals surface area contributed by atoms with Crippen molar-refractivity contribution < 1.29 is 9.53 Å². The van der Waals surface area contributed by atoms with E-state index in [1.165, 1.54) is 11.3 Å². The van der Waals surface area contributed by atoms with Gasteiger partial charge in [-0.15, -0.1) is 11.3 Å². The van der Waals surface area contributed by atoms with Crippen molar-refractivity contribution in [1.82, 2.24) is 4.98 Å². The van der Waals surface area contributed by atoms with Crippen molar-refractivity contribution in [2.45, 2.75) is 13.3 Å². The second kappa shape index (κ2) is 5.94. The van der Waals surface area contributed by atoms with E-state index in [4.69, 9.17) is 22.1 Å². The molecule has 2 aromatic heterocycles. The van der Waals surface area contributed by atoms with Crippen LogP contribution in [0.1, 0.15) is 22.2 Å². The molecule has 0 radical (unpaired) electrons. The molecule has 1 amide bonds. The molecule has 0 bridgehead atoms. The van der Waals surface area contributed by atoms with E-state index in [1.807, 2.05) is 25.1 Å². The number of hydrogen-bond acceptors (Lipinski definition) is 4. The number of thiophene rings is 1. The number of carbonyl (C=O) groups excluding carboxylic acids is 1. The number of halogens is 1. The van der Waals surface area contributed by atoms with Gasteiger partial charge < -0.3 is 10.5 Å². The standard InChI is InChI=1S/C16H13ClN2O2S/c1-2-9-5-10(3-4-12(9)17)21-13-7-19-8-15-11(13)6-14(22-15)16(18)20/h3-8H,2H2,1H3,(H2,18,20). The molecule has 0 spiro atoms. The summed E-state index contributed by atoms with van der Waals surface area (Å²) in [7, 11) is 0. The van der Waals surface area contributed by atoms with Crippen molar-refractivity contribution in [2.24, 2.45) is 5.73 Å². The fraction of sp³-hybridized carbons (Fsp3) is 0.125. The SMILES string of the molecule is CCc1cc(Oc2cncc3sc(C(N)=O)cc23)ccc1Cl. The summed E-state index contributed by atoms with van der Waals surface area (Å²) in [6.07, 6.45) is 4.14. The number of primary amides is 1. The van der Waals surface area contributed by atoms with Gasteiger partial charge in [0.05, 0.1) is 15.8 Å². The minimum atomic E-state index is -0.452. The van der Waals surface area contributed by atoms with Gasteiger partial charge in [0.2, 0.25) is 0 Å². The molecule has 112 valence electrons. The van der Waals surface area contributed by atoms with E-state index in [0.29, 0.717) is 16.4 Å². The Morgan fingerprint density at radius 2 is 2.18 bits per heavy atom. The summed E-state index contributed by atoms with van der Waals surface area (Å²) in [4.78, 5) is 16.0. The third-order valence-corrected chi connectivity index (χ3v) is 4.73. The number of ether oxygens (including phenoxy) is 1. The van der Waals surface area contributed by atoms with Crippen molar-refractivity contribution in [3.8, 4) is 11.5 Å². The number of aryl methyl sites for hydroxylation is 1. The van der Waals surface area contributed by atoms with Crippen molar-refractivity contribution in [2.75, 3.05) is 0 Å². The van der Waals surface area contributed by atoms with Crippen molar-refractivity contribution >= 4 is 38.9 Å². The molecule has 0 aliphatic carbocycles. The van der Waals surface area contributed by atoms with Crippen LogP contribution < -0.4 is 10.5 Å². The first-order chi connectivity index (χ1) is 10.6. The quantitative estimate of drug-likeness (QED) is 0.770. The largest absolute Gasteiger partial charge is 0.455 e. The third kappa shape index (κ3) is 2.77. The first-order valence-electron chi connectivity index (χ1n) is 6.72. The van der Waals surface area contributed by atoms with E-state index in [9.17, 15) is 4.79 Å². The molecule has 0 atom stereocenters. The Hall–Kier alpha value is -2.11. The summed E-state index contributed by atoms with van der Waals surface area (Å²) in [5, 5.41) is 1.54. The average molecular weight is 333 g/mol. The highest BCUT2D eigenvalue weighted by atomic mass is 35.5. The lowest BCUT2D eigenvalue weighted by atomic mass is 10.1. The van der Waals surface area contributed by atoms with Gasteiger partial charge in [-0.05, 0) is 36.2 Å². The Balaban J connectivity index is 2.01. The number of benzene rings is 1. The molecule has 6 heteroatoms. The summed E-state index contributed by atoms with van der Waals surface area (Å²) in [6.45, 7) is 2.03. The molecule has 1 aromatic carbocycles. The molecule has 0 unspecified atom stereocenters. The number of aromatic nitrogens is 1. The van der Waals surface area contributed by atoms with Crippen LogP contribution in [0.15, 0.2) is 36.7 Å². The van der Waals surface area contributed by atoms with Crippen molar-refractivity contribution in [3.05, 3.63) is 52.1 Å². The van der Waals surface area contributed by atoms with Gasteiger partial charge in [0.15, 0.2) is 5.75 Å². The van der Waals surface area contributed by atoms with Crippen molar-refractivity contribution in [3.63, 3.8) is 0 Å². The second-order valence-corrected chi connectivity index (χ2v) is 6.22. The molecule has 22 heavy (non-hydrogen) atoms. The highest BCUT2D eigenvalue weighted by Gasteiger charge is 2.12. The number of nitrogens with two attached hydrogens (primary N) is 1. The number of nitrogens with zero attached hydrogens (tertiary/aromatic N) is 1. The molecule has 0 saturated heterocycles. The zero-order valence-electron chi connectivity index (χ0n) is 11.8. The van der Waals surface area contributed by atoms with Crippen LogP contribution in [0.3, 0.4) is 0 Å². The van der Waals surface area contributed by atoms with E-state index in [0.717, 1.165) is 27.1 Å². The molecule has 0 fully saturated rings. The molecular weight excluding hydrogens is 320 g/mol. The number of pyridine rings is 1. The third-order valence-electron chi connectivity index (χ3n) is 3.28. The summed E-state index contributed by atoms with van der Waals surface area (Å²) < 4.78 is 6.77. The van der Waals surface area contributed by atoms with Gasteiger partial charge in [-0.3, -0.25) is 9.78 Å². The van der Waals surface area contributed by atoms with Crippen molar-refractivity contribution in [1.29, 1.82) is 0 Å². The van der Waals surface area contributed by atoms with Gasteiger partial charge in [0.25, 0.3) is 5.91 Å². The maximum absolute atomic E-state index is 11.3. The van der Waals surface area contributed by atoms with Gasteiger partial charge >= 0.3 is 0 Å². The normalized spacial score (nSPS) is 10.8. The smallest absolute Gasteiger partial charge is 0.258 e. The maximum atomic E-state index is 11.3. The summed E-state index contributed by atoms with van der Waals surface area (Å²) in [5.74, 6) is 0.819. The summed E-state index contributed by atoms with van der Waals surface area (Å²) in [6, 6.07) is 7.26. The van der Waals surface area contributed by atoms with E-state index < -0.39 is 5.91 Å². The van der Waals surface area contributed by atoms with Gasteiger partial charge in [0, 0.05) is 16.6 Å². The van der Waals surface area contributed by atoms with Gasteiger partial charge in [-0.2, -0.15) is 0 Å². The Morgan fingerprint density at radius 3 is 2.91 bits per heavy atom. The zero-order valence-corrected chi connectivity index (χ0v) is 13.4. The number of amides is 1. The molecule has 0 saturated carbocycles. The van der Waals surface area contributed by atoms with Crippen LogP contribution in [0.4, 0.5) is 0 Å². The predicted octanol–water partition coefficient (Wildman–Crippen LogP) is 4.40. The highest BCUT2D eigenvalue weighted by molar-refractivity contribution is 7.20. The predicted molar refractivity (Wildman–Crippen MR) is 89.0 cm³/mol. The van der Waals surface area contributed by atoms with E-state index >= 15 is 0 Å². The van der Waals surface area contributed by atoms with Crippen LogP contribution in [-0.4, -0.2) is 10.9 Å². The minimum absolute atomic E-state index is 0.452. The molecule has 3 aromatic rings. The molecule has 0 aliphatic rings. The second-order valence-electron chi connectivity index (χ2n) is 4.73. The van der Waals surface area contributed by atoms with E-state index in [1.54, 1.807) is 18.5 Å². The lowest BCUT2D eigenvalue weighted by Gasteiger charge is -2.09. The first kappa shape index (κ1) is 14.8. The molecule has 2 heterocycles.